The van der Waals surface area contributed by atoms with Crippen LogP contribution in [0.2, 0.25) is 0 Å². The average molecular weight is 529 g/mol. The Bertz CT molecular complexity index is 1340. The highest BCUT2D eigenvalue weighted by molar-refractivity contribution is 7.89. The molecule has 3 aliphatic carbocycles. The molecule has 3 aromatic rings. The predicted octanol–water partition coefficient (Wildman–Crippen LogP) is 3.71. The first-order valence-corrected chi connectivity index (χ1v) is 14.1. The minimum atomic E-state index is -3.71. The zero-order valence-electron chi connectivity index (χ0n) is 19.9. The third kappa shape index (κ3) is 4.95. The molecule has 2 heterocycles. The second kappa shape index (κ2) is 9.45. The summed E-state index contributed by atoms with van der Waals surface area (Å²) in [6, 6.07) is 10.3. The molecule has 2 amide bonds. The Kier molecular flexibility index (Phi) is 6.48. The van der Waals surface area contributed by atoms with Crippen LogP contribution >= 0.6 is 11.3 Å². The second-order valence-corrected chi connectivity index (χ2v) is 12.4. The molecule has 9 nitrogen and oxygen atoms in total. The molecule has 0 unspecified atom stereocenters. The lowest BCUT2D eigenvalue weighted by atomic mass is 9.62. The molecule has 3 aliphatic rings. The van der Waals surface area contributed by atoms with Gasteiger partial charge in [-0.3, -0.25) is 9.78 Å². The fourth-order valence-corrected chi connectivity index (χ4v) is 7.62. The predicted molar refractivity (Wildman–Crippen MR) is 136 cm³/mol. The number of pyridine rings is 1. The molecule has 0 aliphatic heterocycles. The number of benzene rings is 1. The Labute approximate surface area is 213 Å². The van der Waals surface area contributed by atoms with E-state index in [1.807, 2.05) is 12.1 Å². The maximum atomic E-state index is 13.2. The number of amides is 2. The van der Waals surface area contributed by atoms with E-state index in [0.29, 0.717) is 43.4 Å². The highest BCUT2D eigenvalue weighted by Crippen LogP contribution is 2.47. The van der Waals surface area contributed by atoms with Gasteiger partial charge < -0.3 is 15.4 Å². The standard InChI is InChI=1S/C25H28N4O5S2/c1-34-23(31)28-24-7-10-25(11-8-24,12-9-24)29-36(32,33)19-4-2-17(3-5-19)15-27-22(30)20-14-18-6-13-26-16-21(18)35-20/h2-6,13-14,16,29H,7-12,15H2,1H3,(H,27,30)(H,28,31). The first-order chi connectivity index (χ1) is 17.2. The molecule has 0 atom stereocenters. The Balaban J connectivity index is 1.19. The molecule has 2 aromatic heterocycles. The first kappa shape index (κ1) is 24.7. The van der Waals surface area contributed by atoms with E-state index in [1.165, 1.54) is 18.4 Å². The van der Waals surface area contributed by atoms with Crippen molar-refractivity contribution in [2.24, 2.45) is 0 Å². The van der Waals surface area contributed by atoms with Gasteiger partial charge in [-0.25, -0.2) is 17.9 Å². The highest BCUT2D eigenvalue weighted by Gasteiger charge is 2.51. The fraction of sp³-hybridized carbons (Fsp3) is 0.400. The van der Waals surface area contributed by atoms with Crippen LogP contribution in [0.15, 0.2) is 53.7 Å². The quantitative estimate of drug-likeness (QED) is 0.429. The molecule has 0 spiro atoms. The lowest BCUT2D eigenvalue weighted by Gasteiger charge is -2.53. The van der Waals surface area contributed by atoms with Gasteiger partial charge in [-0.2, -0.15) is 0 Å². The Morgan fingerprint density at radius 3 is 2.33 bits per heavy atom. The molecule has 36 heavy (non-hydrogen) atoms. The number of hydrogen-bond donors (Lipinski definition) is 3. The minimum Gasteiger partial charge on any atom is -0.453 e. The molecule has 11 heteroatoms. The molecule has 6 rings (SSSR count). The topological polar surface area (TPSA) is 126 Å². The summed E-state index contributed by atoms with van der Waals surface area (Å²) in [7, 11) is -2.37. The zero-order chi connectivity index (χ0) is 25.4. The van der Waals surface area contributed by atoms with E-state index >= 15 is 0 Å². The number of rotatable bonds is 7. The van der Waals surface area contributed by atoms with E-state index in [4.69, 9.17) is 4.74 Å². The molecular formula is C25H28N4O5S2. The summed E-state index contributed by atoms with van der Waals surface area (Å²) in [6.07, 6.45) is 7.09. The first-order valence-electron chi connectivity index (χ1n) is 11.8. The van der Waals surface area contributed by atoms with Crippen molar-refractivity contribution in [1.29, 1.82) is 0 Å². The summed E-state index contributed by atoms with van der Waals surface area (Å²) in [4.78, 5) is 29.1. The number of methoxy groups -OCH3 is 1. The summed E-state index contributed by atoms with van der Waals surface area (Å²) in [6.45, 7) is 0.290. The monoisotopic (exact) mass is 528 g/mol. The van der Waals surface area contributed by atoms with Crippen LogP contribution in [0.3, 0.4) is 0 Å². The smallest absolute Gasteiger partial charge is 0.407 e. The van der Waals surface area contributed by atoms with Gasteiger partial charge in [0.1, 0.15) is 0 Å². The van der Waals surface area contributed by atoms with Crippen molar-refractivity contribution < 1.29 is 22.7 Å². The van der Waals surface area contributed by atoms with Gasteiger partial charge in [0, 0.05) is 30.0 Å². The van der Waals surface area contributed by atoms with Crippen LogP contribution in [0.4, 0.5) is 4.79 Å². The number of fused-ring (bicyclic) bond motifs is 4. The second-order valence-electron chi connectivity index (χ2n) is 9.63. The van der Waals surface area contributed by atoms with E-state index in [1.54, 1.807) is 36.7 Å². The zero-order valence-corrected chi connectivity index (χ0v) is 21.5. The van der Waals surface area contributed by atoms with Crippen molar-refractivity contribution in [1.82, 2.24) is 20.3 Å². The van der Waals surface area contributed by atoms with Crippen molar-refractivity contribution in [2.45, 2.75) is 61.0 Å². The molecular weight excluding hydrogens is 500 g/mol. The van der Waals surface area contributed by atoms with E-state index in [9.17, 15) is 18.0 Å². The van der Waals surface area contributed by atoms with Gasteiger partial charge in [0.05, 0.1) is 21.6 Å². The Morgan fingerprint density at radius 1 is 1.03 bits per heavy atom. The summed E-state index contributed by atoms with van der Waals surface area (Å²) in [5, 5.41) is 6.82. The maximum absolute atomic E-state index is 13.2. The highest BCUT2D eigenvalue weighted by atomic mass is 32.2. The molecule has 1 aromatic carbocycles. The van der Waals surface area contributed by atoms with Crippen LogP contribution in [-0.2, 0) is 21.3 Å². The van der Waals surface area contributed by atoms with Gasteiger partial charge in [0.25, 0.3) is 5.91 Å². The van der Waals surface area contributed by atoms with Gasteiger partial charge in [0.2, 0.25) is 10.0 Å². The summed E-state index contributed by atoms with van der Waals surface area (Å²) < 4.78 is 35.0. The van der Waals surface area contributed by atoms with Gasteiger partial charge >= 0.3 is 6.09 Å². The molecule has 0 radical (unpaired) electrons. The van der Waals surface area contributed by atoms with Crippen molar-refractivity contribution in [3.05, 3.63) is 59.2 Å². The number of ether oxygens (including phenoxy) is 1. The Morgan fingerprint density at radius 2 is 1.69 bits per heavy atom. The number of sulfonamides is 1. The van der Waals surface area contributed by atoms with Crippen LogP contribution in [0, 0.1) is 0 Å². The van der Waals surface area contributed by atoms with Crippen LogP contribution in [-0.4, -0.2) is 43.6 Å². The molecule has 3 N–H and O–H groups in total. The van der Waals surface area contributed by atoms with Crippen molar-refractivity contribution >= 4 is 43.4 Å². The van der Waals surface area contributed by atoms with Gasteiger partial charge in [-0.05, 0) is 73.7 Å². The lowest BCUT2D eigenvalue weighted by molar-refractivity contribution is 0.0659. The van der Waals surface area contributed by atoms with Gasteiger partial charge in [-0.15, -0.1) is 11.3 Å². The number of alkyl carbamates (subject to hydrolysis) is 1. The number of carbonyl (C=O) groups excluding carboxylic acids is 2. The van der Waals surface area contributed by atoms with Crippen LogP contribution in [0.25, 0.3) is 10.1 Å². The van der Waals surface area contributed by atoms with E-state index < -0.39 is 21.7 Å². The number of carbonyl (C=O) groups is 2. The van der Waals surface area contributed by atoms with Crippen molar-refractivity contribution in [3.63, 3.8) is 0 Å². The Hall–Kier alpha value is -3.02. The molecule has 3 fully saturated rings. The number of thiophene rings is 1. The summed E-state index contributed by atoms with van der Waals surface area (Å²) in [5.74, 6) is -0.180. The van der Waals surface area contributed by atoms with Crippen LogP contribution < -0.4 is 15.4 Å². The molecule has 190 valence electrons. The number of hydrogen-bond acceptors (Lipinski definition) is 7. The number of aromatic nitrogens is 1. The number of nitrogens with one attached hydrogen (secondary N) is 3. The van der Waals surface area contributed by atoms with Gasteiger partial charge in [-0.1, -0.05) is 12.1 Å². The molecule has 0 saturated heterocycles. The number of nitrogens with zero attached hydrogens (tertiary/aromatic N) is 1. The van der Waals surface area contributed by atoms with Crippen LogP contribution in [0.1, 0.15) is 53.8 Å². The largest absolute Gasteiger partial charge is 0.453 e. The van der Waals surface area contributed by atoms with Crippen molar-refractivity contribution in [3.8, 4) is 0 Å². The van der Waals surface area contributed by atoms with E-state index in [2.05, 4.69) is 20.3 Å². The normalized spacial score (nSPS) is 23.4. The summed E-state index contributed by atoms with van der Waals surface area (Å²) in [5.41, 5.74) is 0.00131. The SMILES string of the molecule is COC(=O)NC12CCC(NS(=O)(=O)c3ccc(CNC(=O)c4cc5ccncc5s4)cc3)(CC1)CC2. The minimum absolute atomic E-state index is 0.180. The fourth-order valence-electron chi connectivity index (χ4n) is 5.19. The molecule has 2 bridgehead atoms. The van der Waals surface area contributed by atoms with Gasteiger partial charge in [0.15, 0.2) is 0 Å². The lowest BCUT2D eigenvalue weighted by Crippen LogP contribution is -2.63. The van der Waals surface area contributed by atoms with Crippen LogP contribution in [0.5, 0.6) is 0 Å². The van der Waals surface area contributed by atoms with E-state index in [-0.39, 0.29) is 22.9 Å². The molecule has 3 saturated carbocycles. The van der Waals surface area contributed by atoms with Crippen molar-refractivity contribution in [2.75, 3.05) is 7.11 Å². The van der Waals surface area contributed by atoms with E-state index in [0.717, 1.165) is 15.6 Å². The summed E-state index contributed by atoms with van der Waals surface area (Å²) >= 11 is 1.38. The maximum Gasteiger partial charge on any atom is 0.407 e. The third-order valence-electron chi connectivity index (χ3n) is 7.38. The average Bonchev–Trinajstić information content (AvgIpc) is 3.33. The third-order valence-corrected chi connectivity index (χ3v) is 10.1.